The number of anilines is 1. The third-order valence-corrected chi connectivity index (χ3v) is 4.89. The second-order valence-corrected chi connectivity index (χ2v) is 6.19. The topological polar surface area (TPSA) is 55.8 Å². The van der Waals surface area contributed by atoms with E-state index in [9.17, 15) is 9.59 Å². The lowest BCUT2D eigenvalue weighted by atomic mass is 9.77. The van der Waals surface area contributed by atoms with Crippen LogP contribution < -0.4 is 4.90 Å². The Kier molecular flexibility index (Phi) is 2.72. The van der Waals surface area contributed by atoms with Gasteiger partial charge >= 0.3 is 5.97 Å². The number of esters is 1. The summed E-state index contributed by atoms with van der Waals surface area (Å²) in [7, 11) is 1.35. The number of ether oxygens (including phenoxy) is 2. The lowest BCUT2D eigenvalue weighted by molar-refractivity contribution is -0.149. The number of fused-ring (bicyclic) bond motifs is 1. The van der Waals surface area contributed by atoms with Crippen LogP contribution in [0.5, 0.6) is 0 Å². The van der Waals surface area contributed by atoms with Crippen molar-refractivity contribution < 1.29 is 19.1 Å². The fraction of sp³-hybridized carbons (Fsp3) is 0.412. The van der Waals surface area contributed by atoms with Gasteiger partial charge in [-0.3, -0.25) is 9.59 Å². The number of rotatable bonds is 2. The molecule has 0 saturated carbocycles. The van der Waals surface area contributed by atoms with E-state index in [1.165, 1.54) is 7.11 Å². The predicted molar refractivity (Wildman–Crippen MR) is 79.3 cm³/mol. The number of hydrogen-bond acceptors (Lipinski definition) is 4. The van der Waals surface area contributed by atoms with Crippen LogP contribution in [0, 0.1) is 18.8 Å². The van der Waals surface area contributed by atoms with Crippen molar-refractivity contribution in [3.63, 3.8) is 0 Å². The van der Waals surface area contributed by atoms with Crippen LogP contribution in [0.3, 0.4) is 0 Å². The maximum Gasteiger partial charge on any atom is 0.312 e. The molecule has 1 spiro atoms. The predicted octanol–water partition coefficient (Wildman–Crippen LogP) is 1.45. The SMILES string of the molecule is COC(=O)[C@H]1[C@@H]2C=C[C@@]3(CN(c4cccc(C)c4)C(=O)[C@@H]13)O2. The van der Waals surface area contributed by atoms with Gasteiger partial charge in [0, 0.05) is 5.69 Å². The molecule has 3 aliphatic heterocycles. The minimum atomic E-state index is -0.690. The molecule has 0 N–H and O–H groups in total. The minimum Gasteiger partial charge on any atom is -0.469 e. The molecule has 0 unspecified atom stereocenters. The highest BCUT2D eigenvalue weighted by atomic mass is 16.5. The smallest absolute Gasteiger partial charge is 0.312 e. The number of aryl methyl sites for hydroxylation is 1. The summed E-state index contributed by atoms with van der Waals surface area (Å²) in [5.41, 5.74) is 1.24. The molecule has 4 rings (SSSR count). The van der Waals surface area contributed by atoms with Gasteiger partial charge in [0.1, 0.15) is 11.5 Å². The van der Waals surface area contributed by atoms with Gasteiger partial charge in [-0.1, -0.05) is 24.3 Å². The van der Waals surface area contributed by atoms with Crippen LogP contribution in [0.4, 0.5) is 5.69 Å². The van der Waals surface area contributed by atoms with E-state index in [0.29, 0.717) is 6.54 Å². The minimum absolute atomic E-state index is 0.0622. The molecule has 0 radical (unpaired) electrons. The average molecular weight is 299 g/mol. The number of carbonyl (C=O) groups is 2. The summed E-state index contributed by atoms with van der Waals surface area (Å²) in [6.07, 6.45) is 3.47. The van der Waals surface area contributed by atoms with Crippen LogP contribution >= 0.6 is 0 Å². The van der Waals surface area contributed by atoms with Crippen molar-refractivity contribution in [1.29, 1.82) is 0 Å². The summed E-state index contributed by atoms with van der Waals surface area (Å²) < 4.78 is 10.9. The molecule has 22 heavy (non-hydrogen) atoms. The first-order valence-electron chi connectivity index (χ1n) is 7.39. The maximum atomic E-state index is 12.9. The van der Waals surface area contributed by atoms with Crippen LogP contribution in [-0.2, 0) is 19.1 Å². The van der Waals surface area contributed by atoms with Crippen LogP contribution in [0.2, 0.25) is 0 Å². The zero-order chi connectivity index (χ0) is 15.5. The molecule has 0 aromatic heterocycles. The first-order valence-corrected chi connectivity index (χ1v) is 7.39. The van der Waals surface area contributed by atoms with Gasteiger partial charge in [0.05, 0.1) is 25.7 Å². The van der Waals surface area contributed by atoms with Crippen molar-refractivity contribution in [2.45, 2.75) is 18.6 Å². The highest BCUT2D eigenvalue weighted by Crippen LogP contribution is 2.52. The normalized spacial score (nSPS) is 35.1. The summed E-state index contributed by atoms with van der Waals surface area (Å²) in [4.78, 5) is 26.7. The number of carbonyl (C=O) groups excluding carboxylic acids is 2. The summed E-state index contributed by atoms with van der Waals surface area (Å²) in [6.45, 7) is 2.43. The Bertz CT molecular complexity index is 698. The summed E-state index contributed by atoms with van der Waals surface area (Å²) in [6, 6.07) is 7.79. The Morgan fingerprint density at radius 3 is 3.00 bits per heavy atom. The van der Waals surface area contributed by atoms with Gasteiger partial charge in [0.25, 0.3) is 0 Å². The molecule has 2 bridgehead atoms. The van der Waals surface area contributed by atoms with Crippen LogP contribution in [-0.4, -0.2) is 37.2 Å². The third kappa shape index (κ3) is 1.63. The Morgan fingerprint density at radius 2 is 2.27 bits per heavy atom. The third-order valence-electron chi connectivity index (χ3n) is 4.89. The molecule has 5 nitrogen and oxygen atoms in total. The number of nitrogens with zero attached hydrogens (tertiary/aromatic N) is 1. The molecule has 5 heteroatoms. The second kappa shape index (κ2) is 4.43. The number of benzene rings is 1. The summed E-state index contributed by atoms with van der Waals surface area (Å²) in [5, 5.41) is 0. The second-order valence-electron chi connectivity index (χ2n) is 6.19. The van der Waals surface area contributed by atoms with Crippen molar-refractivity contribution in [3.8, 4) is 0 Å². The number of amides is 1. The quantitative estimate of drug-likeness (QED) is 0.613. The lowest BCUT2D eigenvalue weighted by Gasteiger charge is -2.22. The average Bonchev–Trinajstić information content (AvgIpc) is 3.15. The monoisotopic (exact) mass is 299 g/mol. The number of hydrogen-bond donors (Lipinski definition) is 0. The molecule has 1 aromatic rings. The van der Waals surface area contributed by atoms with E-state index in [1.807, 2.05) is 43.3 Å². The van der Waals surface area contributed by atoms with Crippen LogP contribution in [0.1, 0.15) is 5.56 Å². The van der Waals surface area contributed by atoms with Gasteiger partial charge in [-0.25, -0.2) is 0 Å². The van der Waals surface area contributed by atoms with E-state index in [0.717, 1.165) is 11.3 Å². The van der Waals surface area contributed by atoms with Crippen molar-refractivity contribution in [1.82, 2.24) is 0 Å². The first kappa shape index (κ1) is 13.5. The highest BCUT2D eigenvalue weighted by Gasteiger charge is 2.67. The zero-order valence-electron chi connectivity index (χ0n) is 12.5. The summed E-state index contributed by atoms with van der Waals surface area (Å²) >= 11 is 0. The molecule has 1 aromatic carbocycles. The van der Waals surface area contributed by atoms with Gasteiger partial charge in [-0.2, -0.15) is 0 Å². The Labute approximate surface area is 128 Å². The molecule has 2 fully saturated rings. The Hall–Kier alpha value is -2.14. The van der Waals surface area contributed by atoms with E-state index in [1.54, 1.807) is 4.90 Å². The van der Waals surface area contributed by atoms with Gasteiger partial charge < -0.3 is 14.4 Å². The van der Waals surface area contributed by atoms with Crippen molar-refractivity contribution in [2.24, 2.45) is 11.8 Å². The molecule has 1 amide bonds. The standard InChI is InChI=1S/C17H17NO4/c1-10-4-3-5-11(8-10)18-9-17-7-6-12(22-17)13(16(20)21-2)14(17)15(18)19/h3-8,12-14H,9H2,1-2H3/t12-,13-,14+,17-/m0/s1. The van der Waals surface area contributed by atoms with E-state index in [4.69, 9.17) is 9.47 Å². The van der Waals surface area contributed by atoms with Crippen molar-refractivity contribution >= 4 is 17.6 Å². The van der Waals surface area contributed by atoms with E-state index in [2.05, 4.69) is 0 Å². The zero-order valence-corrected chi connectivity index (χ0v) is 12.5. The molecule has 3 aliphatic rings. The lowest BCUT2D eigenvalue weighted by Crippen LogP contribution is -2.39. The van der Waals surface area contributed by atoms with Crippen LogP contribution in [0.15, 0.2) is 36.4 Å². The molecular formula is C17H17NO4. The fourth-order valence-electron chi connectivity index (χ4n) is 3.92. The highest BCUT2D eigenvalue weighted by molar-refractivity contribution is 6.02. The van der Waals surface area contributed by atoms with E-state index < -0.39 is 17.4 Å². The van der Waals surface area contributed by atoms with Crippen molar-refractivity contribution in [3.05, 3.63) is 42.0 Å². The molecule has 3 heterocycles. The molecule has 114 valence electrons. The fourth-order valence-corrected chi connectivity index (χ4v) is 3.92. The van der Waals surface area contributed by atoms with E-state index in [-0.39, 0.29) is 18.0 Å². The maximum absolute atomic E-state index is 12.9. The van der Waals surface area contributed by atoms with Crippen LogP contribution in [0.25, 0.3) is 0 Å². The Balaban J connectivity index is 1.73. The summed E-state index contributed by atoms with van der Waals surface area (Å²) in [5.74, 6) is -1.47. The molecule has 0 aliphatic carbocycles. The molecule has 2 saturated heterocycles. The number of methoxy groups -OCH3 is 1. The van der Waals surface area contributed by atoms with Crippen molar-refractivity contribution in [2.75, 3.05) is 18.6 Å². The largest absolute Gasteiger partial charge is 0.469 e. The molecular weight excluding hydrogens is 282 g/mol. The van der Waals surface area contributed by atoms with E-state index >= 15 is 0 Å². The first-order chi connectivity index (χ1) is 10.6. The Morgan fingerprint density at radius 1 is 1.45 bits per heavy atom. The van der Waals surface area contributed by atoms with Gasteiger partial charge in [-0.05, 0) is 24.6 Å². The van der Waals surface area contributed by atoms with Gasteiger partial charge in [0.2, 0.25) is 5.91 Å². The van der Waals surface area contributed by atoms with Gasteiger partial charge in [-0.15, -0.1) is 0 Å². The molecule has 4 atom stereocenters. The van der Waals surface area contributed by atoms with Gasteiger partial charge in [0.15, 0.2) is 0 Å².